The van der Waals surface area contributed by atoms with Gasteiger partial charge in [-0.3, -0.25) is 9.59 Å². The number of rotatable bonds is 3. The molecule has 0 bridgehead atoms. The summed E-state index contributed by atoms with van der Waals surface area (Å²) in [7, 11) is 0. The summed E-state index contributed by atoms with van der Waals surface area (Å²) in [6.45, 7) is 0.490. The van der Waals surface area contributed by atoms with Gasteiger partial charge in [-0.05, 0) is 29.7 Å². The van der Waals surface area contributed by atoms with E-state index in [4.69, 9.17) is 10.2 Å². The van der Waals surface area contributed by atoms with Crippen molar-refractivity contribution in [1.82, 2.24) is 4.90 Å². The Bertz CT molecular complexity index is 664. The zero-order valence-electron chi connectivity index (χ0n) is 11.5. The fraction of sp³-hybridized carbons (Fsp3) is 0.250. The minimum atomic E-state index is -0.697. The third-order valence-electron chi connectivity index (χ3n) is 3.78. The Morgan fingerprint density at radius 3 is 2.76 bits per heavy atom. The summed E-state index contributed by atoms with van der Waals surface area (Å²) in [5, 5.41) is 0. The van der Waals surface area contributed by atoms with Crippen LogP contribution in [-0.4, -0.2) is 23.3 Å². The highest BCUT2D eigenvalue weighted by Gasteiger charge is 2.34. The van der Waals surface area contributed by atoms with Crippen LogP contribution in [0.2, 0.25) is 0 Å². The van der Waals surface area contributed by atoms with Crippen LogP contribution in [0.4, 0.5) is 0 Å². The number of hydrogen-bond acceptors (Lipinski definition) is 3. The number of carbonyl (C=O) groups excluding carboxylic acids is 2. The summed E-state index contributed by atoms with van der Waals surface area (Å²) in [6, 6.07) is 10.4. The zero-order valence-corrected chi connectivity index (χ0v) is 11.5. The predicted octanol–water partition coefficient (Wildman–Crippen LogP) is 1.43. The average Bonchev–Trinajstić information content (AvgIpc) is 2.98. The molecule has 5 nitrogen and oxygen atoms in total. The first kappa shape index (κ1) is 13.4. The minimum Gasteiger partial charge on any atom is -0.469 e. The van der Waals surface area contributed by atoms with Crippen LogP contribution in [0.15, 0.2) is 47.1 Å². The van der Waals surface area contributed by atoms with E-state index in [9.17, 15) is 9.59 Å². The molecular formula is C16H16N2O3. The Balaban J connectivity index is 1.88. The number of primary amides is 1. The van der Waals surface area contributed by atoms with Gasteiger partial charge in [-0.15, -0.1) is 0 Å². The van der Waals surface area contributed by atoms with Crippen molar-refractivity contribution in [3.8, 4) is 0 Å². The Hall–Kier alpha value is -2.56. The fourth-order valence-corrected chi connectivity index (χ4v) is 2.81. The molecule has 5 heteroatoms. The SMILES string of the molecule is NC(=O)C1c2ccccc2CCN1C(=O)Cc1ccco1. The molecule has 2 amide bonds. The van der Waals surface area contributed by atoms with Gasteiger partial charge in [0.05, 0.1) is 12.7 Å². The molecule has 1 unspecified atom stereocenters. The Kier molecular flexibility index (Phi) is 3.48. The maximum absolute atomic E-state index is 12.4. The van der Waals surface area contributed by atoms with Crippen LogP contribution in [0.5, 0.6) is 0 Å². The standard InChI is InChI=1S/C16H16N2O3/c17-16(20)15-13-6-2-1-4-11(13)7-8-18(15)14(19)10-12-5-3-9-21-12/h1-6,9,15H,7-8,10H2,(H2,17,20). The summed E-state index contributed by atoms with van der Waals surface area (Å²) in [6.07, 6.45) is 2.39. The van der Waals surface area contributed by atoms with E-state index < -0.39 is 11.9 Å². The molecule has 108 valence electrons. The molecule has 0 aliphatic carbocycles. The molecule has 1 aromatic heterocycles. The van der Waals surface area contributed by atoms with Crippen molar-refractivity contribution in [3.63, 3.8) is 0 Å². The molecule has 1 aromatic carbocycles. The van der Waals surface area contributed by atoms with Gasteiger partial charge in [0.2, 0.25) is 11.8 Å². The predicted molar refractivity (Wildman–Crippen MR) is 76.2 cm³/mol. The molecule has 2 aromatic rings. The van der Waals surface area contributed by atoms with Crippen molar-refractivity contribution in [3.05, 3.63) is 59.5 Å². The van der Waals surface area contributed by atoms with E-state index in [2.05, 4.69) is 0 Å². The van der Waals surface area contributed by atoms with Crippen molar-refractivity contribution >= 4 is 11.8 Å². The van der Waals surface area contributed by atoms with Gasteiger partial charge in [0.25, 0.3) is 0 Å². The van der Waals surface area contributed by atoms with Crippen LogP contribution in [0.25, 0.3) is 0 Å². The lowest BCUT2D eigenvalue weighted by Crippen LogP contribution is -2.46. The van der Waals surface area contributed by atoms with Gasteiger partial charge in [0.1, 0.15) is 11.8 Å². The first-order chi connectivity index (χ1) is 10.2. The van der Waals surface area contributed by atoms with E-state index in [1.807, 2.05) is 24.3 Å². The quantitative estimate of drug-likeness (QED) is 0.926. The molecule has 21 heavy (non-hydrogen) atoms. The normalized spacial score (nSPS) is 17.3. The second kappa shape index (κ2) is 5.44. The smallest absolute Gasteiger partial charge is 0.244 e. The lowest BCUT2D eigenvalue weighted by molar-refractivity contribution is -0.139. The number of carbonyl (C=O) groups is 2. The molecular weight excluding hydrogens is 268 g/mol. The summed E-state index contributed by atoms with van der Waals surface area (Å²) < 4.78 is 5.20. The topological polar surface area (TPSA) is 76.5 Å². The van der Waals surface area contributed by atoms with E-state index in [0.717, 1.165) is 17.5 Å². The molecule has 1 aliphatic rings. The van der Waals surface area contributed by atoms with Crippen LogP contribution < -0.4 is 5.73 Å². The first-order valence-electron chi connectivity index (χ1n) is 6.86. The van der Waals surface area contributed by atoms with E-state index in [1.54, 1.807) is 17.0 Å². The van der Waals surface area contributed by atoms with Crippen molar-refractivity contribution in [2.24, 2.45) is 5.73 Å². The lowest BCUT2D eigenvalue weighted by atomic mass is 9.92. The summed E-state index contributed by atoms with van der Waals surface area (Å²) in [5.41, 5.74) is 7.42. The molecule has 0 fully saturated rings. The van der Waals surface area contributed by atoms with E-state index in [1.165, 1.54) is 6.26 Å². The highest BCUT2D eigenvalue weighted by Crippen LogP contribution is 2.30. The Morgan fingerprint density at radius 2 is 2.05 bits per heavy atom. The maximum atomic E-state index is 12.4. The van der Waals surface area contributed by atoms with Gasteiger partial charge in [-0.25, -0.2) is 0 Å². The molecule has 2 N–H and O–H groups in total. The van der Waals surface area contributed by atoms with Crippen LogP contribution in [0.3, 0.4) is 0 Å². The van der Waals surface area contributed by atoms with E-state index in [-0.39, 0.29) is 12.3 Å². The third-order valence-corrected chi connectivity index (χ3v) is 3.78. The number of benzene rings is 1. The number of hydrogen-bond donors (Lipinski definition) is 1. The summed E-state index contributed by atoms with van der Waals surface area (Å²) in [4.78, 5) is 25.8. The Morgan fingerprint density at radius 1 is 1.24 bits per heavy atom. The number of nitrogens with two attached hydrogens (primary N) is 1. The van der Waals surface area contributed by atoms with Gasteiger partial charge in [0, 0.05) is 6.54 Å². The Labute approximate surface area is 122 Å². The second-order valence-corrected chi connectivity index (χ2v) is 5.10. The zero-order chi connectivity index (χ0) is 14.8. The number of furan rings is 1. The molecule has 2 heterocycles. The second-order valence-electron chi connectivity index (χ2n) is 5.10. The van der Waals surface area contributed by atoms with Crippen molar-refractivity contribution in [2.75, 3.05) is 6.54 Å². The molecule has 0 radical (unpaired) electrons. The van der Waals surface area contributed by atoms with Gasteiger partial charge >= 0.3 is 0 Å². The summed E-state index contributed by atoms with van der Waals surface area (Å²) in [5.74, 6) is -0.0692. The monoisotopic (exact) mass is 284 g/mol. The highest BCUT2D eigenvalue weighted by atomic mass is 16.3. The maximum Gasteiger partial charge on any atom is 0.244 e. The molecule has 0 spiro atoms. The van der Waals surface area contributed by atoms with Crippen molar-refractivity contribution in [1.29, 1.82) is 0 Å². The summed E-state index contributed by atoms with van der Waals surface area (Å²) >= 11 is 0. The van der Waals surface area contributed by atoms with Gasteiger partial charge in [0.15, 0.2) is 0 Å². The van der Waals surface area contributed by atoms with Crippen LogP contribution in [0, 0.1) is 0 Å². The van der Waals surface area contributed by atoms with Crippen LogP contribution in [-0.2, 0) is 22.4 Å². The average molecular weight is 284 g/mol. The van der Waals surface area contributed by atoms with E-state index >= 15 is 0 Å². The molecule has 3 rings (SSSR count). The molecule has 1 atom stereocenters. The number of amides is 2. The third kappa shape index (κ3) is 2.54. The van der Waals surface area contributed by atoms with Gasteiger partial charge < -0.3 is 15.1 Å². The number of fused-ring (bicyclic) bond motifs is 1. The first-order valence-corrected chi connectivity index (χ1v) is 6.86. The fourth-order valence-electron chi connectivity index (χ4n) is 2.81. The van der Waals surface area contributed by atoms with Crippen LogP contribution >= 0.6 is 0 Å². The highest BCUT2D eigenvalue weighted by molar-refractivity contribution is 5.89. The minimum absolute atomic E-state index is 0.138. The molecule has 0 saturated carbocycles. The lowest BCUT2D eigenvalue weighted by Gasteiger charge is -2.35. The van der Waals surface area contributed by atoms with Crippen LogP contribution in [0.1, 0.15) is 22.9 Å². The van der Waals surface area contributed by atoms with Crippen molar-refractivity contribution in [2.45, 2.75) is 18.9 Å². The molecule has 0 saturated heterocycles. The van der Waals surface area contributed by atoms with Gasteiger partial charge in [-0.1, -0.05) is 24.3 Å². The van der Waals surface area contributed by atoms with Crippen molar-refractivity contribution < 1.29 is 14.0 Å². The largest absolute Gasteiger partial charge is 0.469 e. The number of nitrogens with zero attached hydrogens (tertiary/aromatic N) is 1. The van der Waals surface area contributed by atoms with Gasteiger partial charge in [-0.2, -0.15) is 0 Å². The van der Waals surface area contributed by atoms with E-state index in [0.29, 0.717) is 12.3 Å². The molecule has 1 aliphatic heterocycles.